The van der Waals surface area contributed by atoms with Crippen molar-refractivity contribution in [2.75, 3.05) is 19.4 Å². The summed E-state index contributed by atoms with van der Waals surface area (Å²) in [5.41, 5.74) is 1.44. The van der Waals surface area contributed by atoms with Crippen LogP contribution in [0.15, 0.2) is 27.3 Å². The molecule has 2 heterocycles. The third kappa shape index (κ3) is 4.20. The van der Waals surface area contributed by atoms with Crippen LogP contribution in [0.3, 0.4) is 0 Å². The van der Waals surface area contributed by atoms with E-state index in [2.05, 4.69) is 10.6 Å². The average molecular weight is 448 g/mol. The van der Waals surface area contributed by atoms with Crippen LogP contribution >= 0.6 is 11.3 Å². The van der Waals surface area contributed by atoms with Gasteiger partial charge in [0.1, 0.15) is 22.1 Å². The van der Waals surface area contributed by atoms with Gasteiger partial charge in [-0.25, -0.2) is 0 Å². The second-order valence-corrected chi connectivity index (χ2v) is 9.92. The highest BCUT2D eigenvalue weighted by molar-refractivity contribution is 7.13. The van der Waals surface area contributed by atoms with Crippen molar-refractivity contribution in [2.45, 2.75) is 46.8 Å². The molecule has 9 heteroatoms. The first kappa shape index (κ1) is 22.9. The molecular weight excluding hydrogens is 418 g/mol. The summed E-state index contributed by atoms with van der Waals surface area (Å²) in [6.45, 7) is 9.91. The number of aliphatic hydroxyl groups is 1. The van der Waals surface area contributed by atoms with Crippen molar-refractivity contribution in [1.82, 2.24) is 10.2 Å². The van der Waals surface area contributed by atoms with Crippen molar-refractivity contribution in [1.29, 1.82) is 0 Å². The molecule has 1 unspecified atom stereocenters. The van der Waals surface area contributed by atoms with Gasteiger partial charge in [0.05, 0.1) is 17.4 Å². The summed E-state index contributed by atoms with van der Waals surface area (Å²) in [6, 6.07) is 1.61. The molecule has 2 aromatic rings. The summed E-state index contributed by atoms with van der Waals surface area (Å²) in [5, 5.41) is 28.4. The van der Waals surface area contributed by atoms with Crippen LogP contribution in [0.5, 0.6) is 5.75 Å². The Balaban J connectivity index is 1.93. The Labute approximate surface area is 185 Å². The number of ketones is 1. The number of amides is 1. The lowest BCUT2D eigenvalue weighted by molar-refractivity contribution is -0.125. The van der Waals surface area contributed by atoms with E-state index in [0.717, 1.165) is 22.7 Å². The van der Waals surface area contributed by atoms with Gasteiger partial charge in [0.2, 0.25) is 5.78 Å². The molecule has 0 aliphatic heterocycles. The van der Waals surface area contributed by atoms with Gasteiger partial charge >= 0.3 is 0 Å². The second kappa shape index (κ2) is 8.05. The van der Waals surface area contributed by atoms with E-state index < -0.39 is 11.9 Å². The lowest BCUT2D eigenvalue weighted by Crippen LogP contribution is -2.48. The Kier molecular flexibility index (Phi) is 5.94. The van der Waals surface area contributed by atoms with E-state index in [1.807, 2.05) is 40.7 Å². The van der Waals surface area contributed by atoms with E-state index in [1.165, 1.54) is 4.90 Å². The number of anilines is 1. The average Bonchev–Trinajstić information content (AvgIpc) is 3.20. The number of rotatable bonds is 6. The van der Waals surface area contributed by atoms with E-state index in [4.69, 9.17) is 4.42 Å². The van der Waals surface area contributed by atoms with Gasteiger partial charge in [-0.2, -0.15) is 0 Å². The van der Waals surface area contributed by atoms with Gasteiger partial charge in [0.15, 0.2) is 11.9 Å². The third-order valence-electron chi connectivity index (χ3n) is 5.30. The largest absolute Gasteiger partial charge is 0.504 e. The van der Waals surface area contributed by atoms with Crippen LogP contribution in [-0.4, -0.2) is 47.0 Å². The number of hydrogen-bond donors (Lipinski definition) is 4. The Hall–Kier alpha value is -2.78. The highest BCUT2D eigenvalue weighted by Gasteiger charge is 2.42. The van der Waals surface area contributed by atoms with Crippen molar-refractivity contribution < 1.29 is 24.2 Å². The van der Waals surface area contributed by atoms with Gasteiger partial charge in [0.25, 0.3) is 5.91 Å². The summed E-state index contributed by atoms with van der Waals surface area (Å²) < 4.78 is 5.90. The van der Waals surface area contributed by atoms with Gasteiger partial charge in [-0.3, -0.25) is 9.59 Å². The van der Waals surface area contributed by atoms with Crippen LogP contribution in [0.2, 0.25) is 0 Å². The van der Waals surface area contributed by atoms with E-state index in [9.17, 15) is 19.8 Å². The molecule has 0 fully saturated rings. The van der Waals surface area contributed by atoms with E-state index >= 15 is 0 Å². The zero-order valence-corrected chi connectivity index (χ0v) is 19.6. The molecule has 31 heavy (non-hydrogen) atoms. The van der Waals surface area contributed by atoms with Gasteiger partial charge < -0.3 is 30.2 Å². The van der Waals surface area contributed by atoms with Crippen LogP contribution in [-0.2, 0) is 4.79 Å². The Morgan fingerprint density at radius 3 is 2.45 bits per heavy atom. The van der Waals surface area contributed by atoms with Gasteiger partial charge in [-0.05, 0) is 30.9 Å². The summed E-state index contributed by atoms with van der Waals surface area (Å²) in [6.07, 6.45) is -1.34. The maximum Gasteiger partial charge on any atom is 0.267 e. The number of nitrogens with one attached hydrogen (secondary N) is 2. The summed E-state index contributed by atoms with van der Waals surface area (Å²) in [7, 11) is 3.19. The standard InChI is InChI=1S/C22H29N3O5S/c1-10-8-13(30-11(10)2)20(22(3,4)5)24-15-14(17(27)18(15)28)23-12-9-31-19(16(12)26)21(29)25(6)7/h8-9,17,20,23-24,26-27H,1-7H3/t17?,20-/m0/s1. The fraction of sp³-hybridized carbons (Fsp3) is 0.455. The highest BCUT2D eigenvalue weighted by Crippen LogP contribution is 2.40. The SMILES string of the molecule is Cc1cc([C@H](NC2=C(Nc3csc(C(=O)N(C)C)c3O)C(O)C2=O)C(C)(C)C)oc1C. The van der Waals surface area contributed by atoms with E-state index in [1.54, 1.807) is 19.5 Å². The first-order chi connectivity index (χ1) is 14.3. The molecule has 2 aromatic heterocycles. The number of thiophene rings is 1. The van der Waals surface area contributed by atoms with Gasteiger partial charge in [-0.1, -0.05) is 20.8 Å². The molecule has 0 saturated heterocycles. The molecule has 8 nitrogen and oxygen atoms in total. The molecular formula is C22H29N3O5S. The molecule has 168 valence electrons. The minimum Gasteiger partial charge on any atom is -0.504 e. The second-order valence-electron chi connectivity index (χ2n) is 9.04. The van der Waals surface area contributed by atoms with Gasteiger partial charge in [-0.15, -0.1) is 11.3 Å². The molecule has 1 amide bonds. The van der Waals surface area contributed by atoms with Crippen molar-refractivity contribution in [3.05, 3.63) is 44.8 Å². The molecule has 0 aromatic carbocycles. The fourth-order valence-electron chi connectivity index (χ4n) is 3.28. The summed E-state index contributed by atoms with van der Waals surface area (Å²) >= 11 is 1.08. The Morgan fingerprint density at radius 2 is 1.94 bits per heavy atom. The minimum atomic E-state index is -1.34. The zero-order chi connectivity index (χ0) is 23.2. The number of carbonyl (C=O) groups excluding carboxylic acids is 2. The lowest BCUT2D eigenvalue weighted by atomic mass is 9.83. The smallest absolute Gasteiger partial charge is 0.267 e. The predicted octanol–water partition coefficient (Wildman–Crippen LogP) is 3.31. The zero-order valence-electron chi connectivity index (χ0n) is 18.8. The van der Waals surface area contributed by atoms with Crippen LogP contribution in [0.1, 0.15) is 53.6 Å². The maximum absolute atomic E-state index is 12.5. The number of Topliss-reactive ketones (excluding diaryl/α,β-unsaturated/α-hetero) is 1. The topological polar surface area (TPSA) is 115 Å². The number of aliphatic hydroxyl groups excluding tert-OH is 1. The quantitative estimate of drug-likeness (QED) is 0.537. The molecule has 4 N–H and O–H groups in total. The predicted molar refractivity (Wildman–Crippen MR) is 119 cm³/mol. The van der Waals surface area contributed by atoms with Crippen molar-refractivity contribution >= 4 is 28.7 Å². The first-order valence-corrected chi connectivity index (χ1v) is 10.8. The number of aromatic hydroxyl groups is 1. The number of furan rings is 1. The van der Waals surface area contributed by atoms with Crippen molar-refractivity contribution in [3.8, 4) is 5.75 Å². The number of carbonyl (C=O) groups is 2. The highest BCUT2D eigenvalue weighted by atomic mass is 32.1. The summed E-state index contributed by atoms with van der Waals surface area (Å²) in [4.78, 5) is 26.2. The molecule has 2 atom stereocenters. The Bertz CT molecular complexity index is 1040. The van der Waals surface area contributed by atoms with E-state index in [0.29, 0.717) is 5.76 Å². The normalized spacial score (nSPS) is 17.4. The third-order valence-corrected chi connectivity index (χ3v) is 6.25. The molecule has 0 saturated carbocycles. The monoisotopic (exact) mass is 447 g/mol. The lowest BCUT2D eigenvalue weighted by Gasteiger charge is -2.36. The van der Waals surface area contributed by atoms with Crippen LogP contribution in [0.25, 0.3) is 0 Å². The molecule has 0 radical (unpaired) electrons. The van der Waals surface area contributed by atoms with Crippen LogP contribution in [0, 0.1) is 19.3 Å². The van der Waals surface area contributed by atoms with Crippen molar-refractivity contribution in [2.24, 2.45) is 5.41 Å². The maximum atomic E-state index is 12.5. The van der Waals surface area contributed by atoms with Crippen LogP contribution < -0.4 is 10.6 Å². The number of nitrogens with zero attached hydrogens (tertiary/aromatic N) is 1. The fourth-order valence-corrected chi connectivity index (χ4v) is 4.19. The van der Waals surface area contributed by atoms with Gasteiger partial charge in [0, 0.05) is 19.5 Å². The minimum absolute atomic E-state index is 0.178. The summed E-state index contributed by atoms with van der Waals surface area (Å²) in [5.74, 6) is 0.507. The molecule has 3 rings (SSSR count). The van der Waals surface area contributed by atoms with Crippen LogP contribution in [0.4, 0.5) is 5.69 Å². The van der Waals surface area contributed by atoms with Crippen molar-refractivity contribution in [3.63, 3.8) is 0 Å². The molecule has 1 aliphatic carbocycles. The molecule has 1 aliphatic rings. The Morgan fingerprint density at radius 1 is 1.29 bits per heavy atom. The number of aryl methyl sites for hydroxylation is 2. The van der Waals surface area contributed by atoms with E-state index in [-0.39, 0.29) is 45.1 Å². The molecule has 0 spiro atoms. The number of hydrogen-bond acceptors (Lipinski definition) is 8. The molecule has 0 bridgehead atoms. The first-order valence-electron chi connectivity index (χ1n) is 9.92.